The minimum atomic E-state index is -0.335. The minimum Gasteiger partial charge on any atom is -0.337 e. The summed E-state index contributed by atoms with van der Waals surface area (Å²) < 4.78 is 14.5. The van der Waals surface area contributed by atoms with E-state index in [1.807, 2.05) is 42.2 Å². The van der Waals surface area contributed by atoms with E-state index in [-0.39, 0.29) is 27.6 Å². The third-order valence-electron chi connectivity index (χ3n) is 7.20. The molecule has 2 aromatic carbocycles. The van der Waals surface area contributed by atoms with Crippen molar-refractivity contribution in [3.05, 3.63) is 65.0 Å². The summed E-state index contributed by atoms with van der Waals surface area (Å²) in [5.74, 6) is 0.0944. The van der Waals surface area contributed by atoms with Gasteiger partial charge >= 0.3 is 0 Å². The van der Waals surface area contributed by atoms with E-state index in [2.05, 4.69) is 39.7 Å². The summed E-state index contributed by atoms with van der Waals surface area (Å²) in [7, 11) is 0. The monoisotopic (exact) mass is 577 g/mol. The van der Waals surface area contributed by atoms with Crippen LogP contribution >= 0.6 is 22.6 Å². The predicted molar refractivity (Wildman–Crippen MR) is 141 cm³/mol. The number of benzene rings is 2. The summed E-state index contributed by atoms with van der Waals surface area (Å²) >= 11 is 2.13. The molecule has 2 aromatic rings. The number of rotatable bonds is 6. The first-order valence-electron chi connectivity index (χ1n) is 12.2. The van der Waals surface area contributed by atoms with E-state index in [0.29, 0.717) is 30.2 Å². The molecule has 1 unspecified atom stereocenters. The molecule has 0 aromatic heterocycles. The van der Waals surface area contributed by atoms with Crippen LogP contribution in [0.3, 0.4) is 0 Å². The Labute approximate surface area is 215 Å². The zero-order valence-corrected chi connectivity index (χ0v) is 22.1. The summed E-state index contributed by atoms with van der Waals surface area (Å²) in [6.45, 7) is 6.54. The summed E-state index contributed by atoms with van der Waals surface area (Å²) in [5, 5.41) is 2.99. The van der Waals surface area contributed by atoms with E-state index in [1.54, 1.807) is 6.07 Å². The van der Waals surface area contributed by atoms with Crippen LogP contribution in [0.15, 0.2) is 42.5 Å². The Morgan fingerprint density at radius 3 is 2.50 bits per heavy atom. The van der Waals surface area contributed by atoms with E-state index in [0.717, 1.165) is 49.9 Å². The van der Waals surface area contributed by atoms with Gasteiger partial charge in [-0.3, -0.25) is 14.5 Å². The van der Waals surface area contributed by atoms with Crippen LogP contribution in [0, 0.1) is 18.7 Å². The van der Waals surface area contributed by atoms with Gasteiger partial charge in [-0.15, -0.1) is 0 Å². The maximum Gasteiger partial charge on any atom is 0.241 e. The highest BCUT2D eigenvalue weighted by atomic mass is 127. The van der Waals surface area contributed by atoms with Crippen molar-refractivity contribution in [3.63, 3.8) is 0 Å². The number of nitrogens with zero attached hydrogens (tertiary/aromatic N) is 2. The van der Waals surface area contributed by atoms with Gasteiger partial charge in [-0.25, -0.2) is 4.39 Å². The zero-order valence-electron chi connectivity index (χ0n) is 19.9. The van der Waals surface area contributed by atoms with E-state index < -0.39 is 0 Å². The fourth-order valence-corrected chi connectivity index (χ4v) is 5.73. The Morgan fingerprint density at radius 2 is 1.82 bits per heavy atom. The van der Waals surface area contributed by atoms with Crippen LogP contribution in [0.25, 0.3) is 0 Å². The molecule has 0 bridgehead atoms. The molecule has 1 aliphatic heterocycles. The highest BCUT2D eigenvalue weighted by Gasteiger charge is 2.33. The first kappa shape index (κ1) is 25.1. The molecule has 2 aliphatic rings. The first-order chi connectivity index (χ1) is 16.3. The molecule has 7 heteroatoms. The molecule has 2 atom stereocenters. The number of amides is 2. The van der Waals surface area contributed by atoms with Crippen molar-refractivity contribution in [2.45, 2.75) is 56.0 Å². The SMILES string of the molecule is Cc1c(NC(=O)C(I)c2ccccc2)ccc(F)c1CN1CCN(C(=O)C2CCCC2)[C@@H](C)C1. The van der Waals surface area contributed by atoms with Gasteiger partial charge in [0.05, 0.1) is 0 Å². The van der Waals surface area contributed by atoms with Crippen LogP contribution in [0.2, 0.25) is 0 Å². The van der Waals surface area contributed by atoms with E-state index >= 15 is 0 Å². The average molecular weight is 577 g/mol. The van der Waals surface area contributed by atoms with Crippen LogP contribution in [0.5, 0.6) is 0 Å². The van der Waals surface area contributed by atoms with Crippen LogP contribution < -0.4 is 5.32 Å². The van der Waals surface area contributed by atoms with Gasteiger partial charge in [0.25, 0.3) is 0 Å². The molecule has 1 saturated carbocycles. The number of hydrogen-bond donors (Lipinski definition) is 1. The summed E-state index contributed by atoms with van der Waals surface area (Å²) in [6.07, 6.45) is 4.33. The molecular weight excluding hydrogens is 544 g/mol. The van der Waals surface area contributed by atoms with Crippen molar-refractivity contribution in [2.24, 2.45) is 5.92 Å². The Balaban J connectivity index is 1.41. The lowest BCUT2D eigenvalue weighted by molar-refractivity contribution is -0.140. The molecule has 1 N–H and O–H groups in total. The molecular formula is C27H33FIN3O2. The smallest absolute Gasteiger partial charge is 0.241 e. The number of carbonyl (C=O) groups excluding carboxylic acids is 2. The highest BCUT2D eigenvalue weighted by Crippen LogP contribution is 2.30. The van der Waals surface area contributed by atoms with Gasteiger partial charge in [-0.1, -0.05) is 65.8 Å². The van der Waals surface area contributed by atoms with Crippen molar-refractivity contribution in [1.82, 2.24) is 9.80 Å². The Kier molecular flexibility index (Phi) is 8.24. The third kappa shape index (κ3) is 5.62. The summed E-state index contributed by atoms with van der Waals surface area (Å²) in [5.41, 5.74) is 2.93. The fourth-order valence-electron chi connectivity index (χ4n) is 5.16. The molecule has 2 fully saturated rings. The number of hydrogen-bond acceptors (Lipinski definition) is 3. The second kappa shape index (κ2) is 11.2. The number of piperazine rings is 1. The molecule has 2 amide bonds. The fraction of sp³-hybridized carbons (Fsp3) is 0.481. The van der Waals surface area contributed by atoms with Gasteiger partial charge in [0.15, 0.2) is 0 Å². The molecule has 1 aliphatic carbocycles. The first-order valence-corrected chi connectivity index (χ1v) is 13.4. The average Bonchev–Trinajstić information content (AvgIpc) is 3.38. The minimum absolute atomic E-state index is 0.110. The number of halogens is 2. The molecule has 182 valence electrons. The van der Waals surface area contributed by atoms with Crippen molar-refractivity contribution in [2.75, 3.05) is 25.0 Å². The Bertz CT molecular complexity index is 1030. The number of alkyl halides is 1. The number of anilines is 1. The van der Waals surface area contributed by atoms with E-state index in [9.17, 15) is 14.0 Å². The zero-order chi connectivity index (χ0) is 24.2. The standard InChI is InChI=1S/C27H33FIN3O2/c1-18-16-31(14-15-32(18)27(34)21-10-6-7-11-21)17-22-19(2)24(13-12-23(22)28)30-26(33)25(29)20-8-4-3-5-9-20/h3-5,8-9,12-13,18,21,25H,6-7,10-11,14-17H2,1-2H3,(H,30,33)/t18-,25?/m0/s1. The van der Waals surface area contributed by atoms with Gasteiger partial charge in [0.2, 0.25) is 11.8 Å². The topological polar surface area (TPSA) is 52.7 Å². The Hall–Kier alpha value is -2.00. The van der Waals surface area contributed by atoms with Crippen molar-refractivity contribution in [1.29, 1.82) is 0 Å². The predicted octanol–water partition coefficient (Wildman–Crippen LogP) is 5.47. The second-order valence-corrected chi connectivity index (χ2v) is 10.8. The second-order valence-electron chi connectivity index (χ2n) is 9.56. The molecule has 1 saturated heterocycles. The molecule has 4 rings (SSSR count). The van der Waals surface area contributed by atoms with Crippen LogP contribution in [-0.2, 0) is 16.1 Å². The molecule has 34 heavy (non-hydrogen) atoms. The van der Waals surface area contributed by atoms with Crippen LogP contribution in [0.1, 0.15) is 53.2 Å². The molecule has 1 heterocycles. The van der Waals surface area contributed by atoms with E-state index in [4.69, 9.17) is 0 Å². The maximum atomic E-state index is 14.8. The molecule has 0 spiro atoms. The maximum absolute atomic E-state index is 14.8. The van der Waals surface area contributed by atoms with Gasteiger partial charge in [0, 0.05) is 49.4 Å². The van der Waals surface area contributed by atoms with Gasteiger partial charge in [-0.2, -0.15) is 0 Å². The largest absolute Gasteiger partial charge is 0.337 e. The Morgan fingerprint density at radius 1 is 1.12 bits per heavy atom. The quantitative estimate of drug-likeness (QED) is 0.366. The lowest BCUT2D eigenvalue weighted by Gasteiger charge is -2.41. The van der Waals surface area contributed by atoms with Crippen molar-refractivity contribution in [3.8, 4) is 0 Å². The van der Waals surface area contributed by atoms with Crippen LogP contribution in [-0.4, -0.2) is 47.3 Å². The van der Waals surface area contributed by atoms with Gasteiger partial charge in [0.1, 0.15) is 9.74 Å². The lowest BCUT2D eigenvalue weighted by Crippen LogP contribution is -2.54. The lowest BCUT2D eigenvalue weighted by atomic mass is 10.0. The van der Waals surface area contributed by atoms with Crippen LogP contribution in [0.4, 0.5) is 10.1 Å². The number of carbonyl (C=O) groups is 2. The molecule has 0 radical (unpaired) electrons. The van der Waals surface area contributed by atoms with Gasteiger partial charge < -0.3 is 10.2 Å². The normalized spacial score (nSPS) is 20.4. The van der Waals surface area contributed by atoms with Crippen molar-refractivity contribution < 1.29 is 14.0 Å². The van der Waals surface area contributed by atoms with Crippen molar-refractivity contribution >= 4 is 40.1 Å². The summed E-state index contributed by atoms with van der Waals surface area (Å²) in [6, 6.07) is 12.8. The van der Waals surface area contributed by atoms with E-state index in [1.165, 1.54) is 6.07 Å². The molecule has 5 nitrogen and oxygen atoms in total. The number of nitrogens with one attached hydrogen (secondary N) is 1. The third-order valence-corrected chi connectivity index (χ3v) is 8.49. The highest BCUT2D eigenvalue weighted by molar-refractivity contribution is 14.1. The summed E-state index contributed by atoms with van der Waals surface area (Å²) in [4.78, 5) is 30.0. The van der Waals surface area contributed by atoms with Gasteiger partial charge in [-0.05, 0) is 49.9 Å².